The Morgan fingerprint density at radius 1 is 1.16 bits per heavy atom. The van der Waals surface area contributed by atoms with Gasteiger partial charge in [0.25, 0.3) is 0 Å². The molecule has 7 heteroatoms. The molecule has 0 bridgehead atoms. The van der Waals surface area contributed by atoms with Gasteiger partial charge in [-0.25, -0.2) is 0 Å². The average molecular weight is 465 g/mol. The summed E-state index contributed by atoms with van der Waals surface area (Å²) in [4.78, 5) is 20.7. The van der Waals surface area contributed by atoms with E-state index in [2.05, 4.69) is 15.2 Å². The number of hydrogen-bond donors (Lipinski definition) is 2. The van der Waals surface area contributed by atoms with Crippen LogP contribution in [-0.2, 0) is 4.79 Å². The number of carbonyl (C=O) groups is 1. The van der Waals surface area contributed by atoms with E-state index in [9.17, 15) is 4.79 Å². The maximum atomic E-state index is 12.2. The summed E-state index contributed by atoms with van der Waals surface area (Å²) in [5, 5.41) is 3.38. The molecule has 0 aromatic carbocycles. The van der Waals surface area contributed by atoms with Crippen LogP contribution in [0, 0.1) is 0 Å². The van der Waals surface area contributed by atoms with E-state index in [0.717, 1.165) is 38.9 Å². The van der Waals surface area contributed by atoms with Gasteiger partial charge in [0.05, 0.1) is 6.04 Å². The van der Waals surface area contributed by atoms with Crippen LogP contribution in [0.15, 0.2) is 4.99 Å². The van der Waals surface area contributed by atoms with Crippen LogP contribution in [0.3, 0.4) is 0 Å². The van der Waals surface area contributed by atoms with Crippen LogP contribution >= 0.6 is 24.0 Å². The van der Waals surface area contributed by atoms with E-state index in [1.807, 2.05) is 14.1 Å². The first-order valence-corrected chi connectivity index (χ1v) is 9.59. The predicted molar refractivity (Wildman–Crippen MR) is 114 cm³/mol. The Labute approximate surface area is 170 Å². The largest absolute Gasteiger partial charge is 0.370 e. The Bertz CT molecular complexity index is 422. The third-order valence-corrected chi connectivity index (χ3v) is 5.18. The predicted octanol–water partition coefficient (Wildman–Crippen LogP) is 2.17. The molecule has 0 aromatic rings. The number of nitrogens with one attached hydrogen (secondary N) is 1. The lowest BCUT2D eigenvalue weighted by molar-refractivity contribution is -0.133. The molecule has 146 valence electrons. The molecule has 1 aliphatic heterocycles. The monoisotopic (exact) mass is 465 g/mol. The molecule has 2 fully saturated rings. The van der Waals surface area contributed by atoms with Crippen molar-refractivity contribution in [2.24, 2.45) is 10.7 Å². The van der Waals surface area contributed by atoms with E-state index in [-0.39, 0.29) is 35.9 Å². The van der Waals surface area contributed by atoms with Gasteiger partial charge in [-0.2, -0.15) is 0 Å². The number of guanidine groups is 1. The number of likely N-dealkylation sites (tertiary alicyclic amines) is 1. The van der Waals surface area contributed by atoms with Crippen LogP contribution in [-0.4, -0.2) is 67.5 Å². The molecule has 0 aromatic heterocycles. The molecule has 1 saturated carbocycles. The van der Waals surface area contributed by atoms with Crippen molar-refractivity contribution in [3.8, 4) is 0 Å². The van der Waals surface area contributed by atoms with Crippen molar-refractivity contribution in [1.29, 1.82) is 0 Å². The highest BCUT2D eigenvalue weighted by Gasteiger charge is 2.30. The van der Waals surface area contributed by atoms with Crippen LogP contribution in [0.4, 0.5) is 0 Å². The van der Waals surface area contributed by atoms with Crippen molar-refractivity contribution >= 4 is 35.8 Å². The molecule has 1 saturated heterocycles. The van der Waals surface area contributed by atoms with E-state index < -0.39 is 0 Å². The van der Waals surface area contributed by atoms with Crippen LogP contribution < -0.4 is 11.1 Å². The lowest BCUT2D eigenvalue weighted by Crippen LogP contribution is -2.43. The van der Waals surface area contributed by atoms with Crippen LogP contribution in [0.1, 0.15) is 57.8 Å². The van der Waals surface area contributed by atoms with Crippen LogP contribution in [0.25, 0.3) is 0 Å². The molecule has 25 heavy (non-hydrogen) atoms. The number of amides is 1. The van der Waals surface area contributed by atoms with Crippen molar-refractivity contribution in [3.63, 3.8) is 0 Å². The molecule has 1 unspecified atom stereocenters. The third kappa shape index (κ3) is 7.68. The number of halogens is 1. The minimum Gasteiger partial charge on any atom is -0.370 e. The van der Waals surface area contributed by atoms with Gasteiger partial charge < -0.3 is 16.0 Å². The molecule has 1 amide bonds. The SMILES string of the molecule is CN(C)C(=O)C1CCCN1CCCN=C(N)NC1CCCCCC1.I. The highest BCUT2D eigenvalue weighted by atomic mass is 127. The molecule has 2 rings (SSSR count). The van der Waals surface area contributed by atoms with Gasteiger partial charge in [0, 0.05) is 33.2 Å². The van der Waals surface area contributed by atoms with Gasteiger partial charge in [-0.05, 0) is 38.6 Å². The topological polar surface area (TPSA) is 74.0 Å². The first-order chi connectivity index (χ1) is 11.6. The summed E-state index contributed by atoms with van der Waals surface area (Å²) in [6.45, 7) is 2.67. The lowest BCUT2D eigenvalue weighted by Gasteiger charge is -2.25. The fraction of sp³-hybridized carbons (Fsp3) is 0.889. The molecule has 0 spiro atoms. The summed E-state index contributed by atoms with van der Waals surface area (Å²) < 4.78 is 0. The smallest absolute Gasteiger partial charge is 0.239 e. The molecule has 3 N–H and O–H groups in total. The molecular weight excluding hydrogens is 429 g/mol. The minimum absolute atomic E-state index is 0. The maximum absolute atomic E-state index is 12.2. The van der Waals surface area contributed by atoms with E-state index in [4.69, 9.17) is 5.73 Å². The second-order valence-corrected chi connectivity index (χ2v) is 7.38. The Balaban J connectivity index is 0.00000312. The maximum Gasteiger partial charge on any atom is 0.239 e. The van der Waals surface area contributed by atoms with Crippen molar-refractivity contribution in [1.82, 2.24) is 15.1 Å². The highest BCUT2D eigenvalue weighted by molar-refractivity contribution is 14.0. The highest BCUT2D eigenvalue weighted by Crippen LogP contribution is 2.19. The molecule has 2 aliphatic rings. The van der Waals surface area contributed by atoms with Gasteiger partial charge in [-0.15, -0.1) is 24.0 Å². The minimum atomic E-state index is 0. The van der Waals surface area contributed by atoms with Crippen molar-refractivity contribution in [2.75, 3.05) is 33.7 Å². The number of nitrogens with two attached hydrogens (primary N) is 1. The number of carbonyl (C=O) groups excluding carboxylic acids is 1. The van der Waals surface area contributed by atoms with E-state index in [0.29, 0.717) is 12.0 Å². The van der Waals surface area contributed by atoms with Gasteiger partial charge in [0.15, 0.2) is 5.96 Å². The van der Waals surface area contributed by atoms with Gasteiger partial charge in [-0.3, -0.25) is 14.7 Å². The Hall–Kier alpha value is -0.570. The standard InChI is InChI=1S/C18H35N5O.HI/c1-22(2)17(24)16-11-7-13-23(16)14-8-12-20-18(19)21-15-9-5-3-4-6-10-15;/h15-16H,3-14H2,1-2H3,(H3,19,20,21);1H. The normalized spacial score (nSPS) is 23.0. The van der Waals surface area contributed by atoms with Gasteiger partial charge >= 0.3 is 0 Å². The van der Waals surface area contributed by atoms with Gasteiger partial charge in [-0.1, -0.05) is 25.7 Å². The van der Waals surface area contributed by atoms with Crippen LogP contribution in [0.2, 0.25) is 0 Å². The Morgan fingerprint density at radius 2 is 1.84 bits per heavy atom. The fourth-order valence-electron chi connectivity index (χ4n) is 3.82. The molecule has 1 atom stereocenters. The molecule has 6 nitrogen and oxygen atoms in total. The first kappa shape index (κ1) is 22.5. The van der Waals surface area contributed by atoms with Crippen molar-refractivity contribution < 1.29 is 4.79 Å². The van der Waals surface area contributed by atoms with Crippen molar-refractivity contribution in [3.05, 3.63) is 0 Å². The number of rotatable bonds is 6. The summed E-state index contributed by atoms with van der Waals surface area (Å²) >= 11 is 0. The Kier molecular flexibility index (Phi) is 10.7. The van der Waals surface area contributed by atoms with E-state index >= 15 is 0 Å². The zero-order chi connectivity index (χ0) is 17.4. The van der Waals surface area contributed by atoms with Gasteiger partial charge in [0.1, 0.15) is 0 Å². The number of likely N-dealkylation sites (N-methyl/N-ethyl adjacent to an activating group) is 1. The quantitative estimate of drug-likeness (QED) is 0.207. The summed E-state index contributed by atoms with van der Waals surface area (Å²) in [5.74, 6) is 0.815. The number of aliphatic imine (C=N–C) groups is 1. The first-order valence-electron chi connectivity index (χ1n) is 9.59. The Morgan fingerprint density at radius 3 is 2.48 bits per heavy atom. The average Bonchev–Trinajstić information content (AvgIpc) is 2.87. The number of nitrogens with zero attached hydrogens (tertiary/aromatic N) is 3. The summed E-state index contributed by atoms with van der Waals surface area (Å²) in [7, 11) is 3.67. The number of hydrogen-bond acceptors (Lipinski definition) is 3. The van der Waals surface area contributed by atoms with Crippen molar-refractivity contribution in [2.45, 2.75) is 69.9 Å². The van der Waals surface area contributed by atoms with Crippen LogP contribution in [0.5, 0.6) is 0 Å². The van der Waals surface area contributed by atoms with E-state index in [1.165, 1.54) is 38.5 Å². The second-order valence-electron chi connectivity index (χ2n) is 7.38. The van der Waals surface area contributed by atoms with Gasteiger partial charge in [0.2, 0.25) is 5.91 Å². The molecule has 1 heterocycles. The summed E-state index contributed by atoms with van der Waals surface area (Å²) in [5.41, 5.74) is 6.03. The lowest BCUT2D eigenvalue weighted by atomic mass is 10.1. The molecular formula is C18H36IN5O. The zero-order valence-electron chi connectivity index (χ0n) is 15.9. The third-order valence-electron chi connectivity index (χ3n) is 5.18. The zero-order valence-corrected chi connectivity index (χ0v) is 18.2. The second kappa shape index (κ2) is 11.9. The van der Waals surface area contributed by atoms with E-state index in [1.54, 1.807) is 4.90 Å². The molecule has 0 radical (unpaired) electrons. The molecule has 1 aliphatic carbocycles. The summed E-state index contributed by atoms with van der Waals surface area (Å²) in [6.07, 6.45) is 10.7. The summed E-state index contributed by atoms with van der Waals surface area (Å²) in [6, 6.07) is 0.558. The fourth-order valence-corrected chi connectivity index (χ4v) is 3.82.